The van der Waals surface area contributed by atoms with Gasteiger partial charge in [-0.3, -0.25) is 9.59 Å². The van der Waals surface area contributed by atoms with E-state index in [1.54, 1.807) is 0 Å². The average Bonchev–Trinajstić information content (AvgIpc) is 2.24. The number of carboxylic acids is 1. The van der Waals surface area contributed by atoms with Crippen LogP contribution in [0.15, 0.2) is 0 Å². The van der Waals surface area contributed by atoms with Gasteiger partial charge in [-0.2, -0.15) is 0 Å². The minimum atomic E-state index is -3.94. The Bertz CT molecular complexity index is 386. The molecule has 0 aliphatic heterocycles. The zero-order valence-corrected chi connectivity index (χ0v) is 11.8. The van der Waals surface area contributed by atoms with Crippen molar-refractivity contribution >= 4 is 21.7 Å². The van der Waals surface area contributed by atoms with Crippen molar-refractivity contribution in [1.29, 1.82) is 0 Å². The summed E-state index contributed by atoms with van der Waals surface area (Å²) in [5.41, 5.74) is 0. The smallest absolute Gasteiger partial charge is 0.321 e. The molecule has 7 heteroatoms. The molecule has 1 atom stereocenters. The van der Waals surface area contributed by atoms with Crippen LogP contribution in [0.25, 0.3) is 0 Å². The molecular formula is C11H21NO5S. The number of rotatable bonds is 8. The SMILES string of the molecule is CCC(CC)NC(=O)CS(=O)(=O)C(CC)C(=O)O. The summed E-state index contributed by atoms with van der Waals surface area (Å²) in [6.45, 7) is 5.24. The van der Waals surface area contributed by atoms with E-state index in [9.17, 15) is 18.0 Å². The molecule has 0 saturated heterocycles. The van der Waals surface area contributed by atoms with Gasteiger partial charge in [0.25, 0.3) is 0 Å². The van der Waals surface area contributed by atoms with Gasteiger partial charge in [0.15, 0.2) is 15.1 Å². The number of nitrogens with one attached hydrogen (secondary N) is 1. The van der Waals surface area contributed by atoms with Crippen molar-refractivity contribution in [3.05, 3.63) is 0 Å². The fraction of sp³-hybridized carbons (Fsp3) is 0.818. The molecule has 0 radical (unpaired) electrons. The van der Waals surface area contributed by atoms with Crippen molar-refractivity contribution in [2.24, 2.45) is 0 Å². The maximum atomic E-state index is 11.7. The first kappa shape index (κ1) is 16.9. The highest BCUT2D eigenvalue weighted by atomic mass is 32.2. The number of aliphatic carboxylic acids is 1. The van der Waals surface area contributed by atoms with Crippen LogP contribution in [-0.4, -0.2) is 42.4 Å². The van der Waals surface area contributed by atoms with Crippen LogP contribution in [0.1, 0.15) is 40.0 Å². The Morgan fingerprint density at radius 1 is 1.11 bits per heavy atom. The number of amides is 1. The van der Waals surface area contributed by atoms with Gasteiger partial charge < -0.3 is 10.4 Å². The minimum absolute atomic E-state index is 0.0457. The zero-order valence-electron chi connectivity index (χ0n) is 11.0. The van der Waals surface area contributed by atoms with E-state index in [1.165, 1.54) is 6.92 Å². The number of carbonyl (C=O) groups is 2. The van der Waals surface area contributed by atoms with Crippen LogP contribution in [0.4, 0.5) is 0 Å². The Labute approximate surface area is 108 Å². The predicted octanol–water partition coefficient (Wildman–Crippen LogP) is 0.569. The monoisotopic (exact) mass is 279 g/mol. The third-order valence-corrected chi connectivity index (χ3v) is 4.83. The van der Waals surface area contributed by atoms with Gasteiger partial charge in [0.05, 0.1) is 0 Å². The molecule has 0 aliphatic rings. The topological polar surface area (TPSA) is 101 Å². The second kappa shape index (κ2) is 7.35. The van der Waals surface area contributed by atoms with Gasteiger partial charge in [-0.15, -0.1) is 0 Å². The molecule has 0 bridgehead atoms. The summed E-state index contributed by atoms with van der Waals surface area (Å²) in [6.07, 6.45) is 1.37. The molecule has 0 spiro atoms. The van der Waals surface area contributed by atoms with Gasteiger partial charge >= 0.3 is 5.97 Å². The Hall–Kier alpha value is -1.11. The number of hydrogen-bond donors (Lipinski definition) is 2. The van der Waals surface area contributed by atoms with E-state index in [2.05, 4.69) is 5.32 Å². The lowest BCUT2D eigenvalue weighted by Gasteiger charge is -2.16. The molecule has 0 heterocycles. The summed E-state index contributed by atoms with van der Waals surface area (Å²) in [5.74, 6) is -2.81. The molecule has 0 aromatic carbocycles. The van der Waals surface area contributed by atoms with Crippen molar-refractivity contribution in [3.8, 4) is 0 Å². The van der Waals surface area contributed by atoms with E-state index in [4.69, 9.17) is 5.11 Å². The normalized spacial score (nSPS) is 13.3. The first-order valence-electron chi connectivity index (χ1n) is 6.02. The largest absolute Gasteiger partial charge is 0.480 e. The van der Waals surface area contributed by atoms with Crippen molar-refractivity contribution < 1.29 is 23.1 Å². The van der Waals surface area contributed by atoms with Gasteiger partial charge in [-0.05, 0) is 19.3 Å². The van der Waals surface area contributed by atoms with Crippen LogP contribution >= 0.6 is 0 Å². The first-order valence-corrected chi connectivity index (χ1v) is 7.73. The van der Waals surface area contributed by atoms with E-state index in [0.717, 1.165) is 0 Å². The standard InChI is InChI=1S/C11H21NO5S/c1-4-8(5-2)12-10(13)7-18(16,17)9(6-3)11(14)15/h8-9H,4-7H2,1-3H3,(H,12,13)(H,14,15). The molecule has 106 valence electrons. The average molecular weight is 279 g/mol. The maximum absolute atomic E-state index is 11.7. The highest BCUT2D eigenvalue weighted by Crippen LogP contribution is 2.08. The van der Waals surface area contributed by atoms with Gasteiger partial charge in [0, 0.05) is 6.04 Å². The Morgan fingerprint density at radius 2 is 1.61 bits per heavy atom. The van der Waals surface area contributed by atoms with Crippen molar-refractivity contribution in [2.75, 3.05) is 5.75 Å². The summed E-state index contributed by atoms with van der Waals surface area (Å²) >= 11 is 0. The zero-order chi connectivity index (χ0) is 14.3. The van der Waals surface area contributed by atoms with Crippen molar-refractivity contribution in [2.45, 2.75) is 51.3 Å². The van der Waals surface area contributed by atoms with E-state index in [-0.39, 0.29) is 12.5 Å². The third kappa shape index (κ3) is 5.03. The van der Waals surface area contributed by atoms with Gasteiger partial charge in [-0.25, -0.2) is 8.42 Å². The number of hydrogen-bond acceptors (Lipinski definition) is 4. The lowest BCUT2D eigenvalue weighted by atomic mass is 10.2. The van der Waals surface area contributed by atoms with Crippen LogP contribution in [-0.2, 0) is 19.4 Å². The molecule has 1 unspecified atom stereocenters. The molecule has 0 aromatic heterocycles. The van der Waals surface area contributed by atoms with E-state index in [0.29, 0.717) is 12.8 Å². The lowest BCUT2D eigenvalue weighted by molar-refractivity contribution is -0.136. The highest BCUT2D eigenvalue weighted by molar-refractivity contribution is 7.93. The second-order valence-corrected chi connectivity index (χ2v) is 6.31. The molecule has 1 amide bonds. The van der Waals surface area contributed by atoms with Gasteiger partial charge in [0.2, 0.25) is 5.91 Å². The predicted molar refractivity (Wildman–Crippen MR) is 68.0 cm³/mol. The fourth-order valence-electron chi connectivity index (χ4n) is 1.63. The van der Waals surface area contributed by atoms with Crippen LogP contribution in [0.5, 0.6) is 0 Å². The Balaban J connectivity index is 4.68. The molecule has 0 aromatic rings. The third-order valence-electron chi connectivity index (χ3n) is 2.76. The molecule has 6 nitrogen and oxygen atoms in total. The van der Waals surface area contributed by atoms with Crippen LogP contribution in [0.3, 0.4) is 0 Å². The molecule has 0 saturated carbocycles. The van der Waals surface area contributed by atoms with Crippen LogP contribution in [0, 0.1) is 0 Å². The first-order chi connectivity index (χ1) is 8.28. The van der Waals surface area contributed by atoms with Crippen molar-refractivity contribution in [3.63, 3.8) is 0 Å². The summed E-state index contributed by atoms with van der Waals surface area (Å²) in [5, 5.41) is 9.86. The van der Waals surface area contributed by atoms with Crippen LogP contribution < -0.4 is 5.32 Å². The quantitative estimate of drug-likeness (QED) is 0.676. The summed E-state index contributed by atoms with van der Waals surface area (Å²) in [6, 6.07) is -0.0717. The van der Waals surface area contributed by atoms with Gasteiger partial charge in [0.1, 0.15) is 5.75 Å². The highest BCUT2D eigenvalue weighted by Gasteiger charge is 2.32. The molecule has 0 fully saturated rings. The molecule has 2 N–H and O–H groups in total. The fourth-order valence-corrected chi connectivity index (χ4v) is 3.09. The van der Waals surface area contributed by atoms with E-state index in [1.807, 2.05) is 13.8 Å². The van der Waals surface area contributed by atoms with Gasteiger partial charge in [-0.1, -0.05) is 20.8 Å². The summed E-state index contributed by atoms with van der Waals surface area (Å²) in [7, 11) is -3.94. The lowest BCUT2D eigenvalue weighted by Crippen LogP contribution is -2.41. The molecule has 18 heavy (non-hydrogen) atoms. The summed E-state index contributed by atoms with van der Waals surface area (Å²) in [4.78, 5) is 22.3. The van der Waals surface area contributed by atoms with E-state index >= 15 is 0 Å². The maximum Gasteiger partial charge on any atom is 0.321 e. The molecule has 0 rings (SSSR count). The Kier molecular flexibility index (Phi) is 6.90. The number of carbonyl (C=O) groups excluding carboxylic acids is 1. The van der Waals surface area contributed by atoms with Crippen LogP contribution in [0.2, 0.25) is 0 Å². The summed E-state index contributed by atoms with van der Waals surface area (Å²) < 4.78 is 23.5. The Morgan fingerprint density at radius 3 is 1.94 bits per heavy atom. The van der Waals surface area contributed by atoms with Crippen molar-refractivity contribution in [1.82, 2.24) is 5.32 Å². The number of sulfone groups is 1. The number of carboxylic acid groups (broad SMARTS) is 1. The minimum Gasteiger partial charge on any atom is -0.480 e. The molecule has 0 aliphatic carbocycles. The molecular weight excluding hydrogens is 258 g/mol. The second-order valence-electron chi connectivity index (χ2n) is 4.12. The van der Waals surface area contributed by atoms with E-state index < -0.39 is 32.7 Å².